The number of aryl methyl sites for hydroxylation is 1. The summed E-state index contributed by atoms with van der Waals surface area (Å²) >= 11 is 0. The number of nitrogens with one attached hydrogen (secondary N) is 3. The summed E-state index contributed by atoms with van der Waals surface area (Å²) in [7, 11) is 0. The summed E-state index contributed by atoms with van der Waals surface area (Å²) < 4.78 is 0. The molecule has 0 saturated heterocycles. The van der Waals surface area contributed by atoms with Crippen LogP contribution in [-0.4, -0.2) is 17.9 Å². The molecule has 1 atom stereocenters. The minimum Gasteiger partial charge on any atom is -0.372 e. The van der Waals surface area contributed by atoms with Gasteiger partial charge in [0.1, 0.15) is 6.04 Å². The summed E-state index contributed by atoms with van der Waals surface area (Å²) in [6.07, 6.45) is 0.0774. The maximum atomic E-state index is 12.1. The van der Waals surface area contributed by atoms with E-state index in [4.69, 9.17) is 0 Å². The molecule has 0 bridgehead atoms. The van der Waals surface area contributed by atoms with Crippen LogP contribution in [0.1, 0.15) is 12.0 Å². The van der Waals surface area contributed by atoms with Crippen LogP contribution in [-0.2, 0) is 9.59 Å². The average Bonchev–Trinajstić information content (AvgIpc) is 2.50. The van der Waals surface area contributed by atoms with E-state index in [2.05, 4.69) is 16.0 Å². The maximum Gasteiger partial charge on any atom is 0.247 e. The highest BCUT2D eigenvalue weighted by Gasteiger charge is 2.27. The highest BCUT2D eigenvalue weighted by molar-refractivity contribution is 6.06. The first kappa shape index (κ1) is 14.1. The van der Waals surface area contributed by atoms with Crippen LogP contribution in [0.3, 0.4) is 0 Å². The van der Waals surface area contributed by atoms with Crippen molar-refractivity contribution in [2.24, 2.45) is 0 Å². The monoisotopic (exact) mass is 295 g/mol. The lowest BCUT2D eigenvalue weighted by Gasteiger charge is -2.26. The van der Waals surface area contributed by atoms with Crippen molar-refractivity contribution in [3.05, 3.63) is 54.1 Å². The molecule has 5 nitrogen and oxygen atoms in total. The second-order valence-electron chi connectivity index (χ2n) is 5.35. The van der Waals surface area contributed by atoms with Crippen LogP contribution < -0.4 is 16.0 Å². The largest absolute Gasteiger partial charge is 0.372 e. The lowest BCUT2D eigenvalue weighted by Crippen LogP contribution is -2.41. The summed E-state index contributed by atoms with van der Waals surface area (Å²) in [5, 5.41) is 8.71. The van der Waals surface area contributed by atoms with Gasteiger partial charge in [-0.3, -0.25) is 9.59 Å². The molecule has 1 heterocycles. The molecule has 22 heavy (non-hydrogen) atoms. The number of para-hydroxylation sites is 2. The van der Waals surface area contributed by atoms with Crippen molar-refractivity contribution < 1.29 is 9.59 Å². The van der Waals surface area contributed by atoms with E-state index in [9.17, 15) is 9.59 Å². The number of hydrogen-bond acceptors (Lipinski definition) is 3. The Balaban J connectivity index is 1.64. The SMILES string of the molecule is Cc1ccc(NC(=O)C[C@@H]2Nc3ccccc3NC2=O)cc1. The molecular formula is C17H17N3O2. The topological polar surface area (TPSA) is 70.2 Å². The van der Waals surface area contributed by atoms with E-state index in [1.165, 1.54) is 0 Å². The number of anilines is 3. The van der Waals surface area contributed by atoms with Crippen LogP contribution >= 0.6 is 0 Å². The Hall–Kier alpha value is -2.82. The Morgan fingerprint density at radius 3 is 2.50 bits per heavy atom. The second-order valence-corrected chi connectivity index (χ2v) is 5.35. The van der Waals surface area contributed by atoms with Gasteiger partial charge in [-0.25, -0.2) is 0 Å². The number of carbonyl (C=O) groups is 2. The Morgan fingerprint density at radius 1 is 1.09 bits per heavy atom. The fraction of sp³-hybridized carbons (Fsp3) is 0.176. The first-order chi connectivity index (χ1) is 10.6. The zero-order valence-electron chi connectivity index (χ0n) is 12.2. The lowest BCUT2D eigenvalue weighted by molar-refractivity contribution is -0.122. The smallest absolute Gasteiger partial charge is 0.247 e. The molecule has 2 aromatic carbocycles. The van der Waals surface area contributed by atoms with E-state index in [1.807, 2.05) is 55.5 Å². The third-order valence-corrected chi connectivity index (χ3v) is 3.56. The summed E-state index contributed by atoms with van der Waals surface area (Å²) in [5.41, 5.74) is 3.42. The number of fused-ring (bicyclic) bond motifs is 1. The Kier molecular flexibility index (Phi) is 3.78. The standard InChI is InChI=1S/C17H17N3O2/c1-11-6-8-12(9-7-11)18-16(21)10-15-17(22)20-14-5-3-2-4-13(14)19-15/h2-9,15,19H,10H2,1H3,(H,18,21)(H,20,22)/t15-/m0/s1. The minimum atomic E-state index is -0.569. The molecule has 1 aliphatic heterocycles. The molecule has 5 heteroatoms. The van der Waals surface area contributed by atoms with E-state index < -0.39 is 6.04 Å². The first-order valence-electron chi connectivity index (χ1n) is 7.15. The molecule has 0 saturated carbocycles. The molecule has 0 unspecified atom stereocenters. The number of carbonyl (C=O) groups excluding carboxylic acids is 2. The van der Waals surface area contributed by atoms with Crippen LogP contribution in [0, 0.1) is 6.92 Å². The van der Waals surface area contributed by atoms with Crippen molar-refractivity contribution in [3.63, 3.8) is 0 Å². The van der Waals surface area contributed by atoms with Crippen LogP contribution in [0.4, 0.5) is 17.1 Å². The highest BCUT2D eigenvalue weighted by Crippen LogP contribution is 2.26. The van der Waals surface area contributed by atoms with Crippen LogP contribution in [0.15, 0.2) is 48.5 Å². The Labute approximate surface area is 128 Å². The third-order valence-electron chi connectivity index (χ3n) is 3.56. The Bertz CT molecular complexity index is 710. The molecule has 112 valence electrons. The van der Waals surface area contributed by atoms with Crippen molar-refractivity contribution in [1.29, 1.82) is 0 Å². The predicted octanol–water partition coefficient (Wildman–Crippen LogP) is 2.76. The van der Waals surface area contributed by atoms with Crippen molar-refractivity contribution in [2.75, 3.05) is 16.0 Å². The normalized spacial score (nSPS) is 16.2. The van der Waals surface area contributed by atoms with Gasteiger partial charge in [0.15, 0.2) is 0 Å². The van der Waals surface area contributed by atoms with Gasteiger partial charge in [-0.05, 0) is 31.2 Å². The van der Waals surface area contributed by atoms with Gasteiger partial charge < -0.3 is 16.0 Å². The van der Waals surface area contributed by atoms with E-state index in [1.54, 1.807) is 0 Å². The van der Waals surface area contributed by atoms with Gasteiger partial charge in [0.05, 0.1) is 17.8 Å². The van der Waals surface area contributed by atoms with Crippen molar-refractivity contribution in [2.45, 2.75) is 19.4 Å². The van der Waals surface area contributed by atoms with Gasteiger partial charge >= 0.3 is 0 Å². The first-order valence-corrected chi connectivity index (χ1v) is 7.15. The van der Waals surface area contributed by atoms with Crippen LogP contribution in [0.5, 0.6) is 0 Å². The lowest BCUT2D eigenvalue weighted by atomic mass is 10.1. The van der Waals surface area contributed by atoms with Gasteiger partial charge in [-0.2, -0.15) is 0 Å². The molecule has 0 spiro atoms. The number of hydrogen-bond donors (Lipinski definition) is 3. The predicted molar refractivity (Wildman–Crippen MR) is 86.9 cm³/mol. The molecule has 2 aromatic rings. The van der Waals surface area contributed by atoms with E-state index in [0.717, 1.165) is 22.6 Å². The molecular weight excluding hydrogens is 278 g/mol. The fourth-order valence-corrected chi connectivity index (χ4v) is 2.37. The maximum absolute atomic E-state index is 12.1. The Morgan fingerprint density at radius 2 is 1.77 bits per heavy atom. The average molecular weight is 295 g/mol. The van der Waals surface area contributed by atoms with E-state index >= 15 is 0 Å². The van der Waals surface area contributed by atoms with Crippen molar-refractivity contribution in [1.82, 2.24) is 0 Å². The van der Waals surface area contributed by atoms with Gasteiger partial charge in [-0.15, -0.1) is 0 Å². The zero-order chi connectivity index (χ0) is 15.5. The minimum absolute atomic E-state index is 0.0774. The number of rotatable bonds is 3. The van der Waals surface area contributed by atoms with Crippen LogP contribution in [0.25, 0.3) is 0 Å². The second kappa shape index (κ2) is 5.89. The summed E-state index contributed by atoms with van der Waals surface area (Å²) in [5.74, 6) is -0.395. The zero-order valence-corrected chi connectivity index (χ0v) is 12.2. The molecule has 3 rings (SSSR count). The van der Waals surface area contributed by atoms with Crippen molar-refractivity contribution >= 4 is 28.9 Å². The molecule has 2 amide bonds. The van der Waals surface area contributed by atoms with Crippen molar-refractivity contribution in [3.8, 4) is 0 Å². The number of amides is 2. The number of benzene rings is 2. The van der Waals surface area contributed by atoms with Gasteiger partial charge in [-0.1, -0.05) is 29.8 Å². The molecule has 0 aliphatic carbocycles. The van der Waals surface area contributed by atoms with Crippen LogP contribution in [0.2, 0.25) is 0 Å². The fourth-order valence-electron chi connectivity index (χ4n) is 2.37. The molecule has 0 fully saturated rings. The van der Waals surface area contributed by atoms with E-state index in [0.29, 0.717) is 0 Å². The van der Waals surface area contributed by atoms with E-state index in [-0.39, 0.29) is 18.2 Å². The third kappa shape index (κ3) is 3.09. The molecule has 3 N–H and O–H groups in total. The van der Waals surface area contributed by atoms with Gasteiger partial charge in [0.25, 0.3) is 0 Å². The summed E-state index contributed by atoms with van der Waals surface area (Å²) in [6.45, 7) is 1.99. The van der Waals surface area contributed by atoms with Gasteiger partial charge in [0, 0.05) is 5.69 Å². The summed E-state index contributed by atoms with van der Waals surface area (Å²) in [4.78, 5) is 24.1. The highest BCUT2D eigenvalue weighted by atomic mass is 16.2. The quantitative estimate of drug-likeness (QED) is 0.815. The summed E-state index contributed by atoms with van der Waals surface area (Å²) in [6, 6.07) is 14.4. The molecule has 0 radical (unpaired) electrons. The van der Waals surface area contributed by atoms with Gasteiger partial charge in [0.2, 0.25) is 11.8 Å². The molecule has 1 aliphatic rings. The molecule has 0 aromatic heterocycles.